The van der Waals surface area contributed by atoms with Crippen molar-refractivity contribution in [2.24, 2.45) is 0 Å². The van der Waals surface area contributed by atoms with E-state index in [0.717, 1.165) is 5.69 Å². The SMILES string of the molecule is Cc1cc([C@H]2[C@@H](c3ccccn3)NC(=S)N2CCC(=O)Nc2ccccc2F)c(C)n1C1CCCCC1. The van der Waals surface area contributed by atoms with Crippen LogP contribution in [0.3, 0.4) is 0 Å². The van der Waals surface area contributed by atoms with E-state index < -0.39 is 5.82 Å². The lowest BCUT2D eigenvalue weighted by molar-refractivity contribution is -0.116. The van der Waals surface area contributed by atoms with Crippen molar-refractivity contribution in [1.29, 1.82) is 0 Å². The number of para-hydroxylation sites is 1. The van der Waals surface area contributed by atoms with Crippen LogP contribution in [0.2, 0.25) is 0 Å². The third-order valence-corrected chi connectivity index (χ3v) is 8.06. The summed E-state index contributed by atoms with van der Waals surface area (Å²) in [5, 5.41) is 6.77. The molecule has 8 heteroatoms. The highest BCUT2D eigenvalue weighted by atomic mass is 32.1. The number of rotatable bonds is 7. The van der Waals surface area contributed by atoms with Crippen LogP contribution < -0.4 is 10.6 Å². The second kappa shape index (κ2) is 11.0. The maximum Gasteiger partial charge on any atom is 0.226 e. The summed E-state index contributed by atoms with van der Waals surface area (Å²) in [4.78, 5) is 19.5. The molecule has 3 heterocycles. The van der Waals surface area contributed by atoms with Gasteiger partial charge in [0.2, 0.25) is 5.91 Å². The molecular weight excluding hydrogens is 485 g/mol. The Morgan fingerprint density at radius 1 is 1.14 bits per heavy atom. The van der Waals surface area contributed by atoms with Crippen LogP contribution in [0.1, 0.15) is 79.3 Å². The first-order chi connectivity index (χ1) is 17.9. The minimum atomic E-state index is -0.447. The van der Waals surface area contributed by atoms with E-state index in [1.165, 1.54) is 55.1 Å². The lowest BCUT2D eigenvalue weighted by Crippen LogP contribution is -2.33. The van der Waals surface area contributed by atoms with Gasteiger partial charge in [0.25, 0.3) is 0 Å². The summed E-state index contributed by atoms with van der Waals surface area (Å²) in [6.07, 6.45) is 8.25. The molecule has 2 aliphatic rings. The van der Waals surface area contributed by atoms with E-state index in [2.05, 4.69) is 45.0 Å². The normalized spacial score (nSPS) is 20.2. The molecule has 2 N–H and O–H groups in total. The molecule has 0 spiro atoms. The molecule has 0 bridgehead atoms. The molecule has 194 valence electrons. The third kappa shape index (κ3) is 5.25. The minimum absolute atomic E-state index is 0.104. The zero-order chi connectivity index (χ0) is 25.9. The van der Waals surface area contributed by atoms with E-state index in [4.69, 9.17) is 12.2 Å². The molecule has 1 saturated carbocycles. The lowest BCUT2D eigenvalue weighted by atomic mass is 9.94. The summed E-state index contributed by atoms with van der Waals surface area (Å²) in [6.45, 7) is 4.80. The molecule has 1 aliphatic heterocycles. The second-order valence-electron chi connectivity index (χ2n) is 10.1. The van der Waals surface area contributed by atoms with Crippen LogP contribution in [0, 0.1) is 19.7 Å². The number of pyridine rings is 1. The summed E-state index contributed by atoms with van der Waals surface area (Å²) in [5.41, 5.74) is 4.82. The Morgan fingerprint density at radius 3 is 2.62 bits per heavy atom. The van der Waals surface area contributed by atoms with Crippen LogP contribution in [-0.2, 0) is 4.79 Å². The Balaban J connectivity index is 1.43. The fourth-order valence-corrected chi connectivity index (χ4v) is 6.32. The number of anilines is 1. The van der Waals surface area contributed by atoms with Gasteiger partial charge < -0.3 is 20.1 Å². The summed E-state index contributed by atoms with van der Waals surface area (Å²) in [7, 11) is 0. The van der Waals surface area contributed by atoms with Crippen molar-refractivity contribution in [1.82, 2.24) is 19.8 Å². The molecule has 2 aromatic heterocycles. The zero-order valence-corrected chi connectivity index (χ0v) is 22.2. The largest absolute Gasteiger partial charge is 0.352 e. The fraction of sp³-hybridized carbons (Fsp3) is 0.414. The molecule has 0 radical (unpaired) electrons. The van der Waals surface area contributed by atoms with Gasteiger partial charge in [-0.25, -0.2) is 4.39 Å². The summed E-state index contributed by atoms with van der Waals surface area (Å²) in [5.74, 6) is -0.696. The minimum Gasteiger partial charge on any atom is -0.352 e. The average molecular weight is 520 g/mol. The van der Waals surface area contributed by atoms with Gasteiger partial charge in [-0.3, -0.25) is 9.78 Å². The molecule has 5 rings (SSSR count). The summed E-state index contributed by atoms with van der Waals surface area (Å²) >= 11 is 5.79. The highest BCUT2D eigenvalue weighted by molar-refractivity contribution is 7.80. The molecule has 2 fully saturated rings. The van der Waals surface area contributed by atoms with Gasteiger partial charge in [0.1, 0.15) is 5.82 Å². The van der Waals surface area contributed by atoms with Gasteiger partial charge in [0.15, 0.2) is 5.11 Å². The maximum absolute atomic E-state index is 14.0. The fourth-order valence-electron chi connectivity index (χ4n) is 5.99. The molecule has 1 saturated heterocycles. The number of halogens is 1. The molecule has 6 nitrogen and oxygen atoms in total. The standard InChI is InChI=1S/C29H34FN5OS/c1-19-18-22(20(2)35(19)21-10-4-3-5-11-21)28-27(25-14-8-9-16-31-25)33-29(37)34(28)17-15-26(36)32-24-13-7-6-12-23(24)30/h6-9,12-14,16,18,21,27-28H,3-5,10-11,15,17H2,1-2H3,(H,32,36)(H,33,37)/t27-,28+/m1/s1. The summed E-state index contributed by atoms with van der Waals surface area (Å²) in [6, 6.07) is 14.7. The van der Waals surface area contributed by atoms with Crippen molar-refractivity contribution in [3.63, 3.8) is 0 Å². The van der Waals surface area contributed by atoms with Gasteiger partial charge in [-0.15, -0.1) is 0 Å². The second-order valence-corrected chi connectivity index (χ2v) is 10.5. The molecule has 37 heavy (non-hydrogen) atoms. The number of amides is 1. The van der Waals surface area contributed by atoms with Crippen LogP contribution in [0.15, 0.2) is 54.7 Å². The average Bonchev–Trinajstić information content (AvgIpc) is 3.39. The smallest absolute Gasteiger partial charge is 0.226 e. The van der Waals surface area contributed by atoms with Crippen molar-refractivity contribution in [3.05, 3.63) is 83.2 Å². The van der Waals surface area contributed by atoms with Gasteiger partial charge in [-0.05, 0) is 74.8 Å². The number of aromatic nitrogens is 2. The highest BCUT2D eigenvalue weighted by Crippen LogP contribution is 2.42. The van der Waals surface area contributed by atoms with Gasteiger partial charge in [0.05, 0.1) is 23.5 Å². The Hall–Kier alpha value is -3.26. The van der Waals surface area contributed by atoms with E-state index >= 15 is 0 Å². The highest BCUT2D eigenvalue weighted by Gasteiger charge is 2.41. The lowest BCUT2D eigenvalue weighted by Gasteiger charge is -2.29. The number of benzene rings is 1. The predicted molar refractivity (Wildman–Crippen MR) is 148 cm³/mol. The van der Waals surface area contributed by atoms with E-state index in [9.17, 15) is 9.18 Å². The van der Waals surface area contributed by atoms with Gasteiger partial charge >= 0.3 is 0 Å². The number of hydrogen-bond donors (Lipinski definition) is 2. The first-order valence-corrected chi connectivity index (χ1v) is 13.6. The number of thiocarbonyl (C=S) groups is 1. The topological polar surface area (TPSA) is 62.2 Å². The number of hydrogen-bond acceptors (Lipinski definition) is 3. The van der Waals surface area contributed by atoms with Gasteiger partial charge in [0, 0.05) is 36.6 Å². The number of carbonyl (C=O) groups excluding carboxylic acids is 1. The number of nitrogens with zero attached hydrogens (tertiary/aromatic N) is 3. The summed E-state index contributed by atoms with van der Waals surface area (Å²) < 4.78 is 16.6. The zero-order valence-electron chi connectivity index (χ0n) is 21.4. The van der Waals surface area contributed by atoms with Gasteiger partial charge in [-0.2, -0.15) is 0 Å². The Kier molecular flexibility index (Phi) is 7.55. The molecule has 3 aromatic rings. The Morgan fingerprint density at radius 2 is 1.89 bits per heavy atom. The van der Waals surface area contributed by atoms with Crippen molar-refractivity contribution < 1.29 is 9.18 Å². The third-order valence-electron chi connectivity index (χ3n) is 7.71. The van der Waals surface area contributed by atoms with Crippen LogP contribution in [0.5, 0.6) is 0 Å². The van der Waals surface area contributed by atoms with Crippen molar-refractivity contribution >= 4 is 28.9 Å². The molecule has 0 unspecified atom stereocenters. The number of carbonyl (C=O) groups is 1. The van der Waals surface area contributed by atoms with Gasteiger partial charge in [-0.1, -0.05) is 37.5 Å². The van der Waals surface area contributed by atoms with Crippen LogP contribution in [0.25, 0.3) is 0 Å². The maximum atomic E-state index is 14.0. The van der Waals surface area contributed by atoms with Crippen molar-refractivity contribution in [2.75, 3.05) is 11.9 Å². The molecule has 2 atom stereocenters. The van der Waals surface area contributed by atoms with Crippen LogP contribution >= 0.6 is 12.2 Å². The number of nitrogens with one attached hydrogen (secondary N) is 2. The van der Waals surface area contributed by atoms with E-state index in [0.29, 0.717) is 17.7 Å². The predicted octanol–water partition coefficient (Wildman–Crippen LogP) is 6.15. The first kappa shape index (κ1) is 25.4. The van der Waals surface area contributed by atoms with E-state index in [1.807, 2.05) is 18.2 Å². The van der Waals surface area contributed by atoms with Crippen molar-refractivity contribution in [2.45, 2.75) is 70.5 Å². The molecule has 1 amide bonds. The van der Waals surface area contributed by atoms with E-state index in [1.54, 1.807) is 24.4 Å². The monoisotopic (exact) mass is 519 g/mol. The molecule has 1 aliphatic carbocycles. The Bertz CT molecular complexity index is 1270. The van der Waals surface area contributed by atoms with Crippen LogP contribution in [-0.4, -0.2) is 32.0 Å². The quantitative estimate of drug-likeness (QED) is 0.367. The van der Waals surface area contributed by atoms with E-state index in [-0.39, 0.29) is 30.1 Å². The first-order valence-electron chi connectivity index (χ1n) is 13.1. The Labute approximate surface area is 223 Å². The van der Waals surface area contributed by atoms with Crippen molar-refractivity contribution in [3.8, 4) is 0 Å². The molecular formula is C29H34FN5OS. The number of aryl methyl sites for hydroxylation is 1. The molecule has 1 aromatic carbocycles. The van der Waals surface area contributed by atoms with Crippen LogP contribution in [0.4, 0.5) is 10.1 Å².